The van der Waals surface area contributed by atoms with Crippen LogP contribution in [0.2, 0.25) is 0 Å². The molecule has 1 aliphatic rings. The number of carbonyl (C=O) groups is 1. The van der Waals surface area contributed by atoms with Crippen LogP contribution in [0, 0.1) is 5.82 Å². The third-order valence-corrected chi connectivity index (χ3v) is 4.75. The van der Waals surface area contributed by atoms with Gasteiger partial charge in [-0.15, -0.1) is 10.2 Å². The summed E-state index contributed by atoms with van der Waals surface area (Å²) < 4.78 is 12.9. The number of halogens is 1. The molecule has 1 aromatic heterocycles. The van der Waals surface area contributed by atoms with Crippen LogP contribution in [0.1, 0.15) is 30.8 Å². The van der Waals surface area contributed by atoms with E-state index in [2.05, 4.69) is 15.5 Å². The minimum atomic E-state index is -0.247. The lowest BCUT2D eigenvalue weighted by atomic mass is 10.2. The number of nitrogens with one attached hydrogen (secondary N) is 1. The van der Waals surface area contributed by atoms with Crippen molar-refractivity contribution in [3.8, 4) is 0 Å². The molecule has 0 saturated carbocycles. The van der Waals surface area contributed by atoms with E-state index >= 15 is 0 Å². The average Bonchev–Trinajstić information content (AvgIpc) is 3.10. The molecule has 122 valence electrons. The third kappa shape index (κ3) is 3.67. The normalized spacial score (nSPS) is 18.0. The van der Waals surface area contributed by atoms with Crippen LogP contribution in [0.15, 0.2) is 24.3 Å². The first kappa shape index (κ1) is 15.9. The van der Waals surface area contributed by atoms with Gasteiger partial charge in [-0.25, -0.2) is 4.39 Å². The fourth-order valence-corrected chi connectivity index (χ4v) is 3.48. The Labute approximate surface area is 138 Å². The molecule has 1 amide bonds. The zero-order valence-electron chi connectivity index (χ0n) is 13.1. The fourth-order valence-electron chi connectivity index (χ4n) is 2.66. The molecule has 5 nitrogen and oxygen atoms in total. The van der Waals surface area contributed by atoms with Crippen LogP contribution in [0.25, 0.3) is 0 Å². The second-order valence-corrected chi connectivity index (χ2v) is 6.98. The van der Waals surface area contributed by atoms with Gasteiger partial charge in [-0.2, -0.15) is 0 Å². The molecule has 1 fully saturated rings. The fraction of sp³-hybridized carbons (Fsp3) is 0.438. The van der Waals surface area contributed by atoms with Crippen molar-refractivity contribution >= 4 is 22.4 Å². The molecule has 1 saturated heterocycles. The SMILES string of the molecule is CC(C)N1CCC(Nc2nnc(Cc3ccc(F)cc3)s2)C1=O. The molecular formula is C16H19FN4OS. The van der Waals surface area contributed by atoms with Gasteiger partial charge in [-0.05, 0) is 38.0 Å². The number of nitrogens with zero attached hydrogens (tertiary/aromatic N) is 3. The highest BCUT2D eigenvalue weighted by Gasteiger charge is 2.33. The summed E-state index contributed by atoms with van der Waals surface area (Å²) in [6, 6.07) is 6.36. The first-order chi connectivity index (χ1) is 11.0. The number of likely N-dealkylation sites (tertiary alicyclic amines) is 1. The smallest absolute Gasteiger partial charge is 0.245 e. The summed E-state index contributed by atoms with van der Waals surface area (Å²) in [6.07, 6.45) is 1.39. The van der Waals surface area contributed by atoms with E-state index in [9.17, 15) is 9.18 Å². The maximum Gasteiger partial charge on any atom is 0.245 e. The number of benzene rings is 1. The molecule has 1 aromatic carbocycles. The quantitative estimate of drug-likeness (QED) is 0.913. The van der Waals surface area contributed by atoms with Crippen molar-refractivity contribution in [3.63, 3.8) is 0 Å². The number of rotatable bonds is 5. The maximum atomic E-state index is 12.9. The van der Waals surface area contributed by atoms with Gasteiger partial charge in [0.05, 0.1) is 0 Å². The number of aromatic nitrogens is 2. The Morgan fingerprint density at radius 3 is 2.74 bits per heavy atom. The van der Waals surface area contributed by atoms with E-state index in [-0.39, 0.29) is 23.8 Å². The Kier molecular flexibility index (Phi) is 4.56. The summed E-state index contributed by atoms with van der Waals surface area (Å²) in [4.78, 5) is 14.1. The molecule has 2 heterocycles. The minimum Gasteiger partial charge on any atom is -0.348 e. The lowest BCUT2D eigenvalue weighted by Gasteiger charge is -2.20. The van der Waals surface area contributed by atoms with Crippen LogP contribution in [0.5, 0.6) is 0 Å². The van der Waals surface area contributed by atoms with Gasteiger partial charge in [0.1, 0.15) is 16.9 Å². The lowest BCUT2D eigenvalue weighted by molar-refractivity contribution is -0.129. The standard InChI is InChI=1S/C16H19FN4OS/c1-10(2)21-8-7-13(15(21)22)18-16-20-19-14(23-16)9-11-3-5-12(17)6-4-11/h3-6,10,13H,7-9H2,1-2H3,(H,18,20). The highest BCUT2D eigenvalue weighted by molar-refractivity contribution is 7.15. The van der Waals surface area contributed by atoms with Gasteiger partial charge in [-0.3, -0.25) is 4.79 Å². The van der Waals surface area contributed by atoms with Gasteiger partial charge in [-0.1, -0.05) is 23.5 Å². The summed E-state index contributed by atoms with van der Waals surface area (Å²) in [5, 5.41) is 12.9. The zero-order valence-corrected chi connectivity index (χ0v) is 13.9. The van der Waals surface area contributed by atoms with Crippen molar-refractivity contribution in [2.24, 2.45) is 0 Å². The van der Waals surface area contributed by atoms with E-state index in [1.54, 1.807) is 12.1 Å². The first-order valence-corrected chi connectivity index (χ1v) is 8.48. The van der Waals surface area contributed by atoms with Gasteiger partial charge >= 0.3 is 0 Å². The summed E-state index contributed by atoms with van der Waals surface area (Å²) in [5.41, 5.74) is 0.983. The molecule has 1 atom stereocenters. The van der Waals surface area contributed by atoms with E-state index in [0.717, 1.165) is 23.5 Å². The van der Waals surface area contributed by atoms with Crippen molar-refractivity contribution in [2.45, 2.75) is 38.8 Å². The Morgan fingerprint density at radius 1 is 1.35 bits per heavy atom. The summed E-state index contributed by atoms with van der Waals surface area (Å²) in [6.45, 7) is 4.81. The zero-order chi connectivity index (χ0) is 16.4. The number of amides is 1. The Bertz CT molecular complexity index is 686. The van der Waals surface area contributed by atoms with Crippen molar-refractivity contribution in [1.82, 2.24) is 15.1 Å². The van der Waals surface area contributed by atoms with Gasteiger partial charge in [0.2, 0.25) is 11.0 Å². The minimum absolute atomic E-state index is 0.121. The van der Waals surface area contributed by atoms with Crippen LogP contribution in [0.3, 0.4) is 0 Å². The van der Waals surface area contributed by atoms with Crippen LogP contribution >= 0.6 is 11.3 Å². The summed E-state index contributed by atoms with van der Waals surface area (Å²) in [5.74, 6) is -0.127. The predicted octanol–water partition coefficient (Wildman–Crippen LogP) is 2.69. The van der Waals surface area contributed by atoms with Crippen LogP contribution in [0.4, 0.5) is 9.52 Å². The highest BCUT2D eigenvalue weighted by atomic mass is 32.1. The molecule has 1 N–H and O–H groups in total. The molecule has 2 aromatic rings. The van der Waals surface area contributed by atoms with E-state index in [1.165, 1.54) is 23.5 Å². The van der Waals surface area contributed by atoms with Crippen LogP contribution in [-0.2, 0) is 11.2 Å². The molecule has 0 spiro atoms. The number of hydrogen-bond donors (Lipinski definition) is 1. The van der Waals surface area contributed by atoms with Crippen molar-refractivity contribution in [2.75, 3.05) is 11.9 Å². The van der Waals surface area contributed by atoms with Crippen molar-refractivity contribution < 1.29 is 9.18 Å². The Hall–Kier alpha value is -2.02. The molecule has 7 heteroatoms. The predicted molar refractivity (Wildman–Crippen MR) is 88.0 cm³/mol. The van der Waals surface area contributed by atoms with Gasteiger partial charge < -0.3 is 10.2 Å². The van der Waals surface area contributed by atoms with E-state index in [4.69, 9.17) is 0 Å². The van der Waals surface area contributed by atoms with Gasteiger partial charge in [0, 0.05) is 19.0 Å². The number of hydrogen-bond acceptors (Lipinski definition) is 5. The van der Waals surface area contributed by atoms with Crippen LogP contribution < -0.4 is 5.32 Å². The molecule has 0 bridgehead atoms. The molecule has 1 aliphatic heterocycles. The summed E-state index contributed by atoms with van der Waals surface area (Å²) >= 11 is 1.43. The Balaban J connectivity index is 1.61. The highest BCUT2D eigenvalue weighted by Crippen LogP contribution is 2.23. The summed E-state index contributed by atoms with van der Waals surface area (Å²) in [7, 11) is 0. The molecule has 0 aliphatic carbocycles. The molecular weight excluding hydrogens is 315 g/mol. The largest absolute Gasteiger partial charge is 0.348 e. The first-order valence-electron chi connectivity index (χ1n) is 7.67. The third-order valence-electron chi connectivity index (χ3n) is 3.90. The Morgan fingerprint density at radius 2 is 2.09 bits per heavy atom. The van der Waals surface area contributed by atoms with E-state index in [1.807, 2.05) is 18.7 Å². The molecule has 3 rings (SSSR count). The van der Waals surface area contributed by atoms with Crippen molar-refractivity contribution in [1.29, 1.82) is 0 Å². The van der Waals surface area contributed by atoms with Crippen LogP contribution in [-0.4, -0.2) is 39.6 Å². The number of anilines is 1. The van der Waals surface area contributed by atoms with Crippen molar-refractivity contribution in [3.05, 3.63) is 40.7 Å². The number of carbonyl (C=O) groups excluding carboxylic acids is 1. The maximum absolute atomic E-state index is 12.9. The average molecular weight is 334 g/mol. The topological polar surface area (TPSA) is 58.1 Å². The van der Waals surface area contributed by atoms with Gasteiger partial charge in [0.15, 0.2) is 0 Å². The van der Waals surface area contributed by atoms with E-state index < -0.39 is 0 Å². The monoisotopic (exact) mass is 334 g/mol. The molecule has 0 radical (unpaired) electrons. The van der Waals surface area contributed by atoms with Gasteiger partial charge in [0.25, 0.3) is 0 Å². The second-order valence-electron chi connectivity index (χ2n) is 5.92. The van der Waals surface area contributed by atoms with E-state index in [0.29, 0.717) is 11.6 Å². The molecule has 1 unspecified atom stereocenters. The second kappa shape index (κ2) is 6.62. The molecule has 23 heavy (non-hydrogen) atoms. The lowest BCUT2D eigenvalue weighted by Crippen LogP contribution is -2.37.